The standard InChI is InChI=1S/C20H24O3/c1-16(13-17(2)21)20(19-11-7-4-8-12-19)23-15-22-14-18-9-5-3-6-10-18/h3-12,16,20H,13-15H2,1-2H3/t16-,20-/m1/s1. The first-order valence-electron chi connectivity index (χ1n) is 7.94. The minimum absolute atomic E-state index is 0.107. The SMILES string of the molecule is CC(=O)C[C@@H](C)[C@@H](OCOCc1ccccc1)c1ccccc1. The van der Waals surface area contributed by atoms with E-state index in [2.05, 4.69) is 0 Å². The van der Waals surface area contributed by atoms with Crippen LogP contribution < -0.4 is 0 Å². The molecule has 0 bridgehead atoms. The lowest BCUT2D eigenvalue weighted by atomic mass is 9.93. The van der Waals surface area contributed by atoms with E-state index in [1.807, 2.05) is 67.6 Å². The Hall–Kier alpha value is -1.97. The average Bonchev–Trinajstić information content (AvgIpc) is 2.56. The van der Waals surface area contributed by atoms with Crippen molar-refractivity contribution in [1.29, 1.82) is 0 Å². The molecular formula is C20H24O3. The van der Waals surface area contributed by atoms with Crippen LogP contribution in [0.1, 0.15) is 37.5 Å². The van der Waals surface area contributed by atoms with Crippen molar-refractivity contribution in [3.05, 3.63) is 71.8 Å². The van der Waals surface area contributed by atoms with Gasteiger partial charge in [-0.25, -0.2) is 0 Å². The second kappa shape index (κ2) is 9.23. The van der Waals surface area contributed by atoms with Gasteiger partial charge in [0.15, 0.2) is 0 Å². The van der Waals surface area contributed by atoms with Crippen LogP contribution in [0.3, 0.4) is 0 Å². The van der Waals surface area contributed by atoms with Gasteiger partial charge in [-0.1, -0.05) is 67.6 Å². The molecule has 2 aromatic rings. The second-order valence-electron chi connectivity index (χ2n) is 5.83. The zero-order valence-electron chi connectivity index (χ0n) is 13.8. The third-order valence-corrected chi connectivity index (χ3v) is 3.70. The molecule has 2 rings (SSSR count). The van der Waals surface area contributed by atoms with Gasteiger partial charge >= 0.3 is 0 Å². The van der Waals surface area contributed by atoms with Crippen LogP contribution in [0.4, 0.5) is 0 Å². The third kappa shape index (κ3) is 5.97. The summed E-state index contributed by atoms with van der Waals surface area (Å²) in [6, 6.07) is 20.0. The molecule has 0 spiro atoms. The number of benzene rings is 2. The van der Waals surface area contributed by atoms with Crippen LogP contribution in [-0.2, 0) is 20.9 Å². The summed E-state index contributed by atoms with van der Waals surface area (Å²) < 4.78 is 11.6. The van der Waals surface area contributed by atoms with E-state index in [-0.39, 0.29) is 24.6 Å². The van der Waals surface area contributed by atoms with Crippen LogP contribution >= 0.6 is 0 Å². The highest BCUT2D eigenvalue weighted by Crippen LogP contribution is 2.28. The van der Waals surface area contributed by atoms with Crippen LogP contribution in [0.25, 0.3) is 0 Å². The van der Waals surface area contributed by atoms with E-state index in [0.29, 0.717) is 13.0 Å². The van der Waals surface area contributed by atoms with E-state index < -0.39 is 0 Å². The van der Waals surface area contributed by atoms with Crippen LogP contribution in [-0.4, -0.2) is 12.6 Å². The number of hydrogen-bond donors (Lipinski definition) is 0. The molecular weight excluding hydrogens is 288 g/mol. The summed E-state index contributed by atoms with van der Waals surface area (Å²) in [7, 11) is 0. The fourth-order valence-corrected chi connectivity index (χ4v) is 2.65. The summed E-state index contributed by atoms with van der Waals surface area (Å²) in [6.07, 6.45) is 0.356. The molecule has 0 heterocycles. The quantitative estimate of drug-likeness (QED) is 0.504. The molecule has 23 heavy (non-hydrogen) atoms. The summed E-state index contributed by atoms with van der Waals surface area (Å²) in [5.74, 6) is 0.280. The van der Waals surface area contributed by atoms with Gasteiger partial charge in [0.1, 0.15) is 12.6 Å². The first kappa shape index (κ1) is 17.4. The summed E-state index contributed by atoms with van der Waals surface area (Å²) in [5.41, 5.74) is 2.19. The molecule has 0 unspecified atom stereocenters. The Morgan fingerprint density at radius 1 is 1.00 bits per heavy atom. The first-order chi connectivity index (χ1) is 11.2. The Morgan fingerprint density at radius 2 is 1.61 bits per heavy atom. The van der Waals surface area contributed by atoms with Gasteiger partial charge in [0.2, 0.25) is 0 Å². The summed E-state index contributed by atoms with van der Waals surface area (Å²) >= 11 is 0. The second-order valence-corrected chi connectivity index (χ2v) is 5.83. The van der Waals surface area contributed by atoms with Crippen molar-refractivity contribution >= 4 is 5.78 Å². The molecule has 0 aliphatic rings. The van der Waals surface area contributed by atoms with Gasteiger partial charge in [0, 0.05) is 6.42 Å². The first-order valence-corrected chi connectivity index (χ1v) is 7.94. The monoisotopic (exact) mass is 312 g/mol. The lowest BCUT2D eigenvalue weighted by molar-refractivity contribution is -0.126. The lowest BCUT2D eigenvalue weighted by Gasteiger charge is -2.24. The normalized spacial score (nSPS) is 13.5. The van der Waals surface area contributed by atoms with Gasteiger partial charge in [-0.2, -0.15) is 0 Å². The highest BCUT2D eigenvalue weighted by Gasteiger charge is 2.21. The molecule has 2 atom stereocenters. The van der Waals surface area contributed by atoms with Gasteiger partial charge in [0.25, 0.3) is 0 Å². The third-order valence-electron chi connectivity index (χ3n) is 3.70. The predicted octanol–water partition coefficient (Wildman–Crippen LogP) is 4.53. The molecule has 0 fully saturated rings. The zero-order chi connectivity index (χ0) is 16.5. The summed E-state index contributed by atoms with van der Waals surface area (Å²) in [6.45, 7) is 4.38. The van der Waals surface area contributed by atoms with Crippen LogP contribution in [0.5, 0.6) is 0 Å². The van der Waals surface area contributed by atoms with E-state index in [1.165, 1.54) is 0 Å². The van der Waals surface area contributed by atoms with E-state index in [9.17, 15) is 4.79 Å². The van der Waals surface area contributed by atoms with Crippen molar-refractivity contribution in [3.63, 3.8) is 0 Å². The Bertz CT molecular complexity index is 580. The molecule has 122 valence electrons. The average molecular weight is 312 g/mol. The lowest BCUT2D eigenvalue weighted by Crippen LogP contribution is -2.17. The smallest absolute Gasteiger partial charge is 0.148 e. The van der Waals surface area contributed by atoms with Gasteiger partial charge in [-0.15, -0.1) is 0 Å². The Balaban J connectivity index is 1.91. The fraction of sp³-hybridized carbons (Fsp3) is 0.350. The molecule has 0 amide bonds. The number of ketones is 1. The van der Waals surface area contributed by atoms with E-state index in [0.717, 1.165) is 11.1 Å². The molecule has 0 radical (unpaired) electrons. The van der Waals surface area contributed by atoms with Crippen LogP contribution in [0.15, 0.2) is 60.7 Å². The number of rotatable bonds is 9. The van der Waals surface area contributed by atoms with Gasteiger partial charge in [0.05, 0.1) is 12.7 Å². The number of carbonyl (C=O) groups is 1. The number of ether oxygens (including phenoxy) is 2. The number of carbonyl (C=O) groups excluding carboxylic acids is 1. The summed E-state index contributed by atoms with van der Waals surface area (Å²) in [4.78, 5) is 11.4. The zero-order valence-corrected chi connectivity index (χ0v) is 13.8. The summed E-state index contributed by atoms with van der Waals surface area (Å²) in [5, 5.41) is 0. The maximum absolute atomic E-state index is 11.4. The molecule has 3 nitrogen and oxygen atoms in total. The fourth-order valence-electron chi connectivity index (χ4n) is 2.65. The van der Waals surface area contributed by atoms with E-state index in [4.69, 9.17) is 9.47 Å². The largest absolute Gasteiger partial charge is 0.351 e. The van der Waals surface area contributed by atoms with Crippen molar-refractivity contribution in [2.45, 2.75) is 33.0 Å². The molecule has 0 N–H and O–H groups in total. The molecule has 2 aromatic carbocycles. The van der Waals surface area contributed by atoms with Crippen LogP contribution in [0.2, 0.25) is 0 Å². The van der Waals surface area contributed by atoms with Crippen molar-refractivity contribution in [3.8, 4) is 0 Å². The van der Waals surface area contributed by atoms with Gasteiger partial charge in [-0.05, 0) is 24.0 Å². The molecule has 0 aliphatic heterocycles. The van der Waals surface area contributed by atoms with Crippen LogP contribution in [0, 0.1) is 5.92 Å². The van der Waals surface area contributed by atoms with Gasteiger partial charge in [-0.3, -0.25) is 0 Å². The van der Waals surface area contributed by atoms with Crippen molar-refractivity contribution in [2.75, 3.05) is 6.79 Å². The highest BCUT2D eigenvalue weighted by atomic mass is 16.7. The van der Waals surface area contributed by atoms with E-state index >= 15 is 0 Å². The minimum atomic E-state index is -0.143. The minimum Gasteiger partial charge on any atom is -0.351 e. The van der Waals surface area contributed by atoms with Crippen molar-refractivity contribution in [1.82, 2.24) is 0 Å². The number of hydrogen-bond acceptors (Lipinski definition) is 3. The Kier molecular flexibility index (Phi) is 6.98. The Morgan fingerprint density at radius 3 is 2.22 bits per heavy atom. The molecule has 0 aliphatic carbocycles. The predicted molar refractivity (Wildman–Crippen MR) is 90.8 cm³/mol. The highest BCUT2D eigenvalue weighted by molar-refractivity contribution is 5.75. The van der Waals surface area contributed by atoms with Gasteiger partial charge < -0.3 is 14.3 Å². The maximum atomic E-state index is 11.4. The molecule has 0 aromatic heterocycles. The molecule has 3 heteroatoms. The Labute approximate surface area is 138 Å². The molecule has 0 saturated carbocycles. The maximum Gasteiger partial charge on any atom is 0.148 e. The van der Waals surface area contributed by atoms with Crippen molar-refractivity contribution in [2.24, 2.45) is 5.92 Å². The number of Topliss-reactive ketones (excluding diaryl/α,β-unsaturated/α-hetero) is 1. The van der Waals surface area contributed by atoms with E-state index in [1.54, 1.807) is 6.92 Å². The van der Waals surface area contributed by atoms with Crippen molar-refractivity contribution < 1.29 is 14.3 Å². The topological polar surface area (TPSA) is 35.5 Å². The molecule has 0 saturated heterocycles.